The number of hydrogen-bond donors (Lipinski definition) is 1. The van der Waals surface area contributed by atoms with Gasteiger partial charge >= 0.3 is 0 Å². The van der Waals surface area contributed by atoms with Gasteiger partial charge in [0.15, 0.2) is 0 Å². The molecule has 0 radical (unpaired) electrons. The quantitative estimate of drug-likeness (QED) is 0.581. The summed E-state index contributed by atoms with van der Waals surface area (Å²) >= 11 is 0. The van der Waals surface area contributed by atoms with Crippen LogP contribution in [0.5, 0.6) is 0 Å². The van der Waals surface area contributed by atoms with Crippen LogP contribution in [-0.4, -0.2) is 30.8 Å². The largest absolute Gasteiger partial charge is 0.376 e. The Hall–Kier alpha value is -2.20. The topological polar surface area (TPSA) is 62.3 Å². The van der Waals surface area contributed by atoms with Crippen molar-refractivity contribution in [1.82, 2.24) is 9.29 Å². The Morgan fingerprint density at radius 2 is 1.46 bits per heavy atom. The first kappa shape index (κ1) is 20.1. The predicted octanol–water partition coefficient (Wildman–Crippen LogP) is 3.28. The molecule has 1 aromatic heterocycles. The van der Waals surface area contributed by atoms with Crippen LogP contribution in [0.25, 0.3) is 0 Å². The molecular weight excluding hydrogens is 374 g/mol. The van der Waals surface area contributed by atoms with Crippen molar-refractivity contribution in [2.45, 2.75) is 25.3 Å². The Bertz CT molecular complexity index is 859. The molecule has 2 aromatic rings. The minimum Gasteiger partial charge on any atom is -0.376 e. The van der Waals surface area contributed by atoms with E-state index in [0.29, 0.717) is 18.7 Å². The molecule has 0 fully saturated rings. The maximum absolute atomic E-state index is 13.5. The van der Waals surface area contributed by atoms with Gasteiger partial charge in [-0.15, -0.1) is 0 Å². The highest BCUT2D eigenvalue weighted by atomic mass is 32.2. The van der Waals surface area contributed by atoms with Crippen LogP contribution < -0.4 is 5.32 Å². The number of aromatic nitrogens is 1. The summed E-state index contributed by atoms with van der Waals surface area (Å²) in [6.07, 6.45) is 0. The standard InChI is InChI=1S/C16H17F4N3O2S/c1-3-23(4-2)26(24,25)11-7-5-10(6-8-11)9-21-14-12(17)15(19)22-16(20)13(14)18/h5-8H,3-4,9H2,1-2H3,(H,21,22). The van der Waals surface area contributed by atoms with Gasteiger partial charge in [0, 0.05) is 19.6 Å². The van der Waals surface area contributed by atoms with E-state index in [1.165, 1.54) is 28.6 Å². The fraction of sp³-hybridized carbons (Fsp3) is 0.312. The van der Waals surface area contributed by atoms with Crippen molar-refractivity contribution in [2.75, 3.05) is 18.4 Å². The van der Waals surface area contributed by atoms with Gasteiger partial charge in [0.2, 0.25) is 21.7 Å². The van der Waals surface area contributed by atoms with Crippen LogP contribution in [0.1, 0.15) is 19.4 Å². The molecule has 1 N–H and O–H groups in total. The fourth-order valence-corrected chi connectivity index (χ4v) is 3.78. The second-order valence-electron chi connectivity index (χ2n) is 5.28. The van der Waals surface area contributed by atoms with E-state index in [0.717, 1.165) is 0 Å². The zero-order chi connectivity index (χ0) is 19.5. The van der Waals surface area contributed by atoms with Crippen LogP contribution >= 0.6 is 0 Å². The number of anilines is 1. The number of nitrogens with one attached hydrogen (secondary N) is 1. The fourth-order valence-electron chi connectivity index (χ4n) is 2.32. The molecule has 0 unspecified atom stereocenters. The lowest BCUT2D eigenvalue weighted by Gasteiger charge is -2.18. The molecule has 1 heterocycles. The third-order valence-corrected chi connectivity index (χ3v) is 5.80. The Balaban J connectivity index is 2.19. The zero-order valence-corrected chi connectivity index (χ0v) is 14.9. The van der Waals surface area contributed by atoms with Crippen molar-refractivity contribution in [2.24, 2.45) is 0 Å². The van der Waals surface area contributed by atoms with Crippen molar-refractivity contribution in [1.29, 1.82) is 0 Å². The number of rotatable bonds is 7. The van der Waals surface area contributed by atoms with E-state index in [2.05, 4.69) is 10.3 Å². The Morgan fingerprint density at radius 3 is 1.92 bits per heavy atom. The lowest BCUT2D eigenvalue weighted by molar-refractivity contribution is 0.410. The summed E-state index contributed by atoms with van der Waals surface area (Å²) < 4.78 is 79.2. The van der Waals surface area contributed by atoms with Gasteiger partial charge in [-0.25, -0.2) is 8.42 Å². The molecule has 0 amide bonds. The smallest absolute Gasteiger partial charge is 0.253 e. The van der Waals surface area contributed by atoms with Gasteiger partial charge in [-0.1, -0.05) is 26.0 Å². The molecule has 0 bridgehead atoms. The molecule has 0 saturated heterocycles. The number of benzene rings is 1. The van der Waals surface area contributed by atoms with Crippen molar-refractivity contribution in [3.8, 4) is 0 Å². The molecular formula is C16H17F4N3O2S. The van der Waals surface area contributed by atoms with Crippen LogP contribution in [0, 0.1) is 23.5 Å². The summed E-state index contributed by atoms with van der Waals surface area (Å²) in [4.78, 5) is 2.54. The predicted molar refractivity (Wildman–Crippen MR) is 87.9 cm³/mol. The highest BCUT2D eigenvalue weighted by molar-refractivity contribution is 7.89. The van der Waals surface area contributed by atoms with Crippen molar-refractivity contribution in [3.05, 3.63) is 53.4 Å². The highest BCUT2D eigenvalue weighted by Crippen LogP contribution is 2.23. The summed E-state index contributed by atoms with van der Waals surface area (Å²) in [5.41, 5.74) is -0.519. The molecule has 0 aliphatic rings. The van der Waals surface area contributed by atoms with Crippen molar-refractivity contribution >= 4 is 15.7 Å². The summed E-state index contributed by atoms with van der Waals surface area (Å²) in [7, 11) is -3.62. The minimum atomic E-state index is -3.62. The lowest BCUT2D eigenvalue weighted by Crippen LogP contribution is -2.30. The van der Waals surface area contributed by atoms with Gasteiger partial charge in [-0.05, 0) is 17.7 Å². The monoisotopic (exact) mass is 391 g/mol. The van der Waals surface area contributed by atoms with Gasteiger partial charge in [0.1, 0.15) is 5.69 Å². The number of halogens is 4. The maximum Gasteiger partial charge on any atom is 0.253 e. The molecule has 0 spiro atoms. The lowest BCUT2D eigenvalue weighted by atomic mass is 10.2. The van der Waals surface area contributed by atoms with Crippen LogP contribution in [0.2, 0.25) is 0 Å². The van der Waals surface area contributed by atoms with Crippen molar-refractivity contribution < 1.29 is 26.0 Å². The first-order valence-electron chi connectivity index (χ1n) is 7.75. The van der Waals surface area contributed by atoms with Crippen LogP contribution in [0.4, 0.5) is 23.2 Å². The summed E-state index contributed by atoms with van der Waals surface area (Å²) in [6, 6.07) is 5.58. The van der Waals surface area contributed by atoms with E-state index >= 15 is 0 Å². The van der Waals surface area contributed by atoms with E-state index in [4.69, 9.17) is 0 Å². The van der Waals surface area contributed by atoms with E-state index < -0.39 is 39.2 Å². The first-order valence-corrected chi connectivity index (χ1v) is 9.19. The normalized spacial score (nSPS) is 11.8. The molecule has 0 aliphatic heterocycles. The number of pyridine rings is 1. The number of sulfonamides is 1. The highest BCUT2D eigenvalue weighted by Gasteiger charge is 2.22. The average Bonchev–Trinajstić information content (AvgIpc) is 2.61. The van der Waals surface area contributed by atoms with Crippen LogP contribution in [0.3, 0.4) is 0 Å². The van der Waals surface area contributed by atoms with Crippen LogP contribution in [-0.2, 0) is 16.6 Å². The second kappa shape index (κ2) is 8.00. The Kier molecular flexibility index (Phi) is 6.19. The maximum atomic E-state index is 13.5. The Morgan fingerprint density at radius 1 is 0.962 bits per heavy atom. The molecule has 0 aliphatic carbocycles. The van der Waals surface area contributed by atoms with E-state index in [1.54, 1.807) is 13.8 Å². The molecule has 2 rings (SSSR count). The summed E-state index contributed by atoms with van der Waals surface area (Å²) in [5, 5.41) is 2.25. The molecule has 26 heavy (non-hydrogen) atoms. The SMILES string of the molecule is CCN(CC)S(=O)(=O)c1ccc(CNc2c(F)c(F)nc(F)c2F)cc1. The third kappa shape index (κ3) is 3.96. The molecule has 142 valence electrons. The van der Waals surface area contributed by atoms with Gasteiger partial charge in [0.25, 0.3) is 11.9 Å². The average molecular weight is 391 g/mol. The molecule has 1 aromatic carbocycles. The van der Waals surface area contributed by atoms with E-state index in [9.17, 15) is 26.0 Å². The first-order chi connectivity index (χ1) is 12.2. The number of nitrogens with zero attached hydrogens (tertiary/aromatic N) is 2. The number of hydrogen-bond acceptors (Lipinski definition) is 4. The second-order valence-corrected chi connectivity index (χ2v) is 7.22. The van der Waals surface area contributed by atoms with Gasteiger partial charge in [-0.2, -0.15) is 26.9 Å². The molecule has 10 heteroatoms. The molecule has 5 nitrogen and oxygen atoms in total. The third-order valence-electron chi connectivity index (χ3n) is 3.73. The van der Waals surface area contributed by atoms with Gasteiger partial charge in [-0.3, -0.25) is 0 Å². The van der Waals surface area contributed by atoms with Gasteiger partial charge < -0.3 is 5.32 Å². The Labute approximate surface area is 148 Å². The van der Waals surface area contributed by atoms with Gasteiger partial charge in [0.05, 0.1) is 4.90 Å². The molecule has 0 saturated carbocycles. The zero-order valence-electron chi connectivity index (χ0n) is 14.1. The van der Waals surface area contributed by atoms with Crippen LogP contribution in [0.15, 0.2) is 29.2 Å². The van der Waals surface area contributed by atoms with E-state index in [1.807, 2.05) is 0 Å². The minimum absolute atomic E-state index is 0.0725. The summed E-state index contributed by atoms with van der Waals surface area (Å²) in [6.45, 7) is 3.90. The molecule has 0 atom stereocenters. The van der Waals surface area contributed by atoms with E-state index in [-0.39, 0.29) is 11.4 Å². The summed E-state index contributed by atoms with van der Waals surface area (Å²) in [5.74, 6) is -6.78. The van der Waals surface area contributed by atoms with Crippen molar-refractivity contribution in [3.63, 3.8) is 0 Å².